The third kappa shape index (κ3) is 2.88. The molecule has 1 aromatic heterocycles. The first kappa shape index (κ1) is 13.4. The lowest BCUT2D eigenvalue weighted by atomic mass is 10.2. The van der Waals surface area contributed by atoms with Gasteiger partial charge in [0.05, 0.1) is 15.7 Å². The van der Waals surface area contributed by atoms with Gasteiger partial charge in [-0.1, -0.05) is 0 Å². The molecule has 1 N–H and O–H groups in total. The Hall–Kier alpha value is -2.00. The van der Waals surface area contributed by atoms with Gasteiger partial charge in [0.2, 0.25) is 0 Å². The third-order valence-electron chi connectivity index (χ3n) is 2.42. The molecule has 0 bridgehead atoms. The average molecular weight is 324 g/mol. The Bertz CT molecular complexity index is 680. The third-order valence-corrected chi connectivity index (χ3v) is 3.03. The first-order chi connectivity index (χ1) is 9.01. The van der Waals surface area contributed by atoms with Crippen LogP contribution in [0.2, 0.25) is 0 Å². The second kappa shape index (κ2) is 5.33. The van der Waals surface area contributed by atoms with Crippen molar-refractivity contribution in [2.45, 2.75) is 6.92 Å². The topological polar surface area (TPSA) is 48.7 Å². The smallest absolute Gasteiger partial charge is 0.148 e. The summed E-state index contributed by atoms with van der Waals surface area (Å²) in [6.07, 6.45) is 0. The maximum absolute atomic E-state index is 13.7. The summed E-state index contributed by atoms with van der Waals surface area (Å²) in [5, 5.41) is 11.6. The molecule has 1 heterocycles. The van der Waals surface area contributed by atoms with Gasteiger partial charge in [-0.15, -0.1) is 0 Å². The van der Waals surface area contributed by atoms with Gasteiger partial charge in [0.1, 0.15) is 23.5 Å². The number of aryl methyl sites for hydroxylation is 1. The summed E-state index contributed by atoms with van der Waals surface area (Å²) >= 11 is 2.89. The lowest BCUT2D eigenvalue weighted by Crippen LogP contribution is -2.01. The highest BCUT2D eigenvalue weighted by Gasteiger charge is 2.11. The number of nitrogens with zero attached hydrogens (tertiary/aromatic N) is 2. The predicted molar refractivity (Wildman–Crippen MR) is 71.0 cm³/mol. The molecule has 0 saturated carbocycles. The van der Waals surface area contributed by atoms with E-state index in [4.69, 9.17) is 5.26 Å². The fourth-order valence-corrected chi connectivity index (χ4v) is 1.80. The molecular weight excluding hydrogens is 316 g/mol. The molecule has 19 heavy (non-hydrogen) atoms. The maximum atomic E-state index is 13.7. The number of anilines is 2. The Morgan fingerprint density at radius 1 is 1.26 bits per heavy atom. The molecule has 0 fully saturated rings. The van der Waals surface area contributed by atoms with Crippen LogP contribution < -0.4 is 5.32 Å². The fourth-order valence-electron chi connectivity index (χ4n) is 1.49. The molecule has 0 spiro atoms. The van der Waals surface area contributed by atoms with E-state index < -0.39 is 11.6 Å². The molecule has 0 aliphatic rings. The number of nitriles is 1. The van der Waals surface area contributed by atoms with Crippen LogP contribution in [0.4, 0.5) is 20.3 Å². The second-order valence-corrected chi connectivity index (χ2v) is 4.69. The van der Waals surface area contributed by atoms with E-state index in [9.17, 15) is 8.78 Å². The van der Waals surface area contributed by atoms with Crippen LogP contribution in [0.5, 0.6) is 0 Å². The maximum Gasteiger partial charge on any atom is 0.148 e. The lowest BCUT2D eigenvalue weighted by Gasteiger charge is -2.09. The fraction of sp³-hybridized carbons (Fsp3) is 0.0769. The highest BCUT2D eigenvalue weighted by molar-refractivity contribution is 9.10. The minimum absolute atomic E-state index is 0.0354. The van der Waals surface area contributed by atoms with Gasteiger partial charge in [-0.2, -0.15) is 5.26 Å². The predicted octanol–water partition coefficient (Wildman–Crippen LogP) is 4.05. The molecule has 0 aliphatic carbocycles. The van der Waals surface area contributed by atoms with Gasteiger partial charge in [0.25, 0.3) is 0 Å². The summed E-state index contributed by atoms with van der Waals surface area (Å²) in [7, 11) is 0. The summed E-state index contributed by atoms with van der Waals surface area (Å²) in [5.74, 6) is -1.04. The van der Waals surface area contributed by atoms with Crippen LogP contribution in [0.25, 0.3) is 0 Å². The summed E-state index contributed by atoms with van der Waals surface area (Å²) in [5.41, 5.74) is 0.850. The Kier molecular flexibility index (Phi) is 3.76. The van der Waals surface area contributed by atoms with Crippen LogP contribution in [0, 0.1) is 29.9 Å². The van der Waals surface area contributed by atoms with Crippen LogP contribution in [0.1, 0.15) is 11.3 Å². The van der Waals surface area contributed by atoms with E-state index in [0.717, 1.165) is 12.1 Å². The van der Waals surface area contributed by atoms with Crippen molar-refractivity contribution in [3.05, 3.63) is 51.6 Å². The molecule has 3 nitrogen and oxygen atoms in total. The van der Waals surface area contributed by atoms with Gasteiger partial charge in [-0.25, -0.2) is 13.8 Å². The molecule has 6 heteroatoms. The largest absolute Gasteiger partial charge is 0.337 e. The van der Waals surface area contributed by atoms with Crippen LogP contribution in [-0.2, 0) is 0 Å². The van der Waals surface area contributed by atoms with E-state index in [2.05, 4.69) is 26.2 Å². The zero-order valence-corrected chi connectivity index (χ0v) is 11.4. The second-order valence-electron chi connectivity index (χ2n) is 3.83. The molecule has 2 rings (SSSR count). The van der Waals surface area contributed by atoms with E-state index in [-0.39, 0.29) is 21.5 Å². The number of hydrogen-bond donors (Lipinski definition) is 1. The lowest BCUT2D eigenvalue weighted by molar-refractivity contribution is 0.597. The van der Waals surface area contributed by atoms with Crippen molar-refractivity contribution in [2.24, 2.45) is 0 Å². The number of benzene rings is 1. The van der Waals surface area contributed by atoms with Gasteiger partial charge in [0, 0.05) is 11.8 Å². The Labute approximate surface area is 117 Å². The highest BCUT2D eigenvalue weighted by atomic mass is 79.9. The molecule has 0 atom stereocenters. The van der Waals surface area contributed by atoms with Crippen molar-refractivity contribution in [3.8, 4) is 6.07 Å². The molecule has 2 aromatic rings. The Balaban J connectivity index is 2.45. The van der Waals surface area contributed by atoms with Crippen molar-refractivity contribution in [1.29, 1.82) is 5.26 Å². The van der Waals surface area contributed by atoms with Gasteiger partial charge in [-0.3, -0.25) is 0 Å². The van der Waals surface area contributed by atoms with Crippen LogP contribution >= 0.6 is 15.9 Å². The minimum atomic E-state index is -0.638. The Morgan fingerprint density at radius 2 is 2.00 bits per heavy atom. The number of rotatable bonds is 2. The molecule has 0 unspecified atom stereocenters. The normalized spacial score (nSPS) is 10.1. The zero-order valence-electron chi connectivity index (χ0n) is 9.84. The average Bonchev–Trinajstić information content (AvgIpc) is 2.36. The monoisotopic (exact) mass is 323 g/mol. The highest BCUT2D eigenvalue weighted by Crippen LogP contribution is 2.26. The number of hydrogen-bond acceptors (Lipinski definition) is 3. The molecule has 1 aromatic carbocycles. The molecule has 0 amide bonds. The summed E-state index contributed by atoms with van der Waals surface area (Å²) < 4.78 is 27.1. The van der Waals surface area contributed by atoms with E-state index in [1.54, 1.807) is 19.1 Å². The van der Waals surface area contributed by atoms with E-state index >= 15 is 0 Å². The summed E-state index contributed by atoms with van der Waals surface area (Å²) in [4.78, 5) is 4.10. The molecule has 0 radical (unpaired) electrons. The molecule has 0 aliphatic heterocycles. The van der Waals surface area contributed by atoms with Crippen molar-refractivity contribution in [3.63, 3.8) is 0 Å². The molecular formula is C13H8BrF2N3. The van der Waals surface area contributed by atoms with Crippen LogP contribution in [-0.4, -0.2) is 4.98 Å². The zero-order chi connectivity index (χ0) is 14.0. The van der Waals surface area contributed by atoms with E-state index in [1.165, 1.54) is 0 Å². The summed E-state index contributed by atoms with van der Waals surface area (Å²) in [6.45, 7) is 1.74. The van der Waals surface area contributed by atoms with Crippen molar-refractivity contribution < 1.29 is 8.78 Å². The summed E-state index contributed by atoms with van der Waals surface area (Å²) in [6, 6.07) is 7.19. The van der Waals surface area contributed by atoms with Crippen molar-refractivity contribution in [1.82, 2.24) is 4.98 Å². The van der Waals surface area contributed by atoms with Gasteiger partial charge in [0.15, 0.2) is 0 Å². The van der Waals surface area contributed by atoms with Gasteiger partial charge < -0.3 is 5.32 Å². The first-order valence-electron chi connectivity index (χ1n) is 5.30. The number of aromatic nitrogens is 1. The van der Waals surface area contributed by atoms with Crippen molar-refractivity contribution in [2.75, 3.05) is 5.32 Å². The van der Waals surface area contributed by atoms with Crippen LogP contribution in [0.3, 0.4) is 0 Å². The standard InChI is InChI=1S/C13H8BrF2N3/c1-7-2-3-8(6-17)13(18-7)19-12-5-10(15)9(14)4-11(12)16/h2-5H,1H3,(H,18,19). The minimum Gasteiger partial charge on any atom is -0.337 e. The molecule has 0 saturated heterocycles. The van der Waals surface area contributed by atoms with Crippen molar-refractivity contribution >= 4 is 27.4 Å². The number of nitrogens with one attached hydrogen (secondary N) is 1. The van der Waals surface area contributed by atoms with Gasteiger partial charge >= 0.3 is 0 Å². The quantitative estimate of drug-likeness (QED) is 0.848. The number of pyridine rings is 1. The molecule has 96 valence electrons. The van der Waals surface area contributed by atoms with E-state index in [0.29, 0.717) is 5.69 Å². The van der Waals surface area contributed by atoms with Crippen LogP contribution in [0.15, 0.2) is 28.7 Å². The van der Waals surface area contributed by atoms with E-state index in [1.807, 2.05) is 6.07 Å². The van der Waals surface area contributed by atoms with Gasteiger partial charge in [-0.05, 0) is 41.1 Å². The first-order valence-corrected chi connectivity index (χ1v) is 6.10. The number of halogens is 3. The SMILES string of the molecule is Cc1ccc(C#N)c(Nc2cc(F)c(Br)cc2F)n1. The Morgan fingerprint density at radius 3 is 2.68 bits per heavy atom.